The molecule has 0 spiro atoms. The molecule has 8 heteroatoms. The Morgan fingerprint density at radius 1 is 1.24 bits per heavy atom. The van der Waals surface area contributed by atoms with E-state index in [2.05, 4.69) is 17.2 Å². The third kappa shape index (κ3) is 5.53. The summed E-state index contributed by atoms with van der Waals surface area (Å²) < 4.78 is 1.15. The molecule has 34 heavy (non-hydrogen) atoms. The molecule has 0 bridgehead atoms. The Bertz CT molecular complexity index is 1170. The summed E-state index contributed by atoms with van der Waals surface area (Å²) in [6.45, 7) is 2.35. The normalized spacial score (nSPS) is 15.3. The van der Waals surface area contributed by atoms with Gasteiger partial charge in [0.25, 0.3) is 5.91 Å². The summed E-state index contributed by atoms with van der Waals surface area (Å²) in [5.41, 5.74) is 2.76. The number of thiophene rings is 1. The molecule has 1 aliphatic carbocycles. The quantitative estimate of drug-likeness (QED) is 0.344. The number of hydrogen-bond donors (Lipinski definition) is 2. The van der Waals surface area contributed by atoms with Crippen LogP contribution < -0.4 is 5.32 Å². The van der Waals surface area contributed by atoms with Crippen molar-refractivity contribution in [3.8, 4) is 0 Å². The van der Waals surface area contributed by atoms with E-state index in [0.717, 1.165) is 15.8 Å². The van der Waals surface area contributed by atoms with E-state index in [4.69, 9.17) is 16.7 Å². The smallest absolute Gasteiger partial charge is 0.305 e. The maximum Gasteiger partial charge on any atom is 0.305 e. The highest BCUT2D eigenvalue weighted by Crippen LogP contribution is 2.43. The van der Waals surface area contributed by atoms with Crippen molar-refractivity contribution in [2.24, 2.45) is 5.92 Å². The number of carbonyl (C=O) groups excluding carboxylic acids is 1. The van der Waals surface area contributed by atoms with Crippen LogP contribution in [0.2, 0.25) is 5.15 Å². The molecule has 1 atom stereocenters. The number of hydrogen-bond acceptors (Lipinski definition) is 5. The molecular formula is C26H30ClN3O3S. The van der Waals surface area contributed by atoms with Gasteiger partial charge in [0.15, 0.2) is 0 Å². The molecule has 6 nitrogen and oxygen atoms in total. The van der Waals surface area contributed by atoms with Gasteiger partial charge in [0.2, 0.25) is 0 Å². The first-order valence-electron chi connectivity index (χ1n) is 11.7. The standard InChI is InChI=1S/C26H30ClN3O3S/c1-16-20-15-28-22(27)14-21(20)34-25(16)24(17-6-4-3-5-7-17)29-19-10-8-18(9-11-19)26(33)30(2)13-12-23(31)32/h8-11,14-15,17,24,29H,3-7,12-13H2,1-2H3,(H,31,32). The van der Waals surface area contributed by atoms with Gasteiger partial charge in [-0.05, 0) is 61.6 Å². The number of aliphatic carboxylic acids is 1. The number of aryl methyl sites for hydroxylation is 1. The van der Waals surface area contributed by atoms with Crippen molar-refractivity contribution in [1.29, 1.82) is 0 Å². The predicted octanol–water partition coefficient (Wildman–Crippen LogP) is 6.54. The Hall–Kier alpha value is -2.64. The number of benzene rings is 1. The minimum absolute atomic E-state index is 0.0692. The van der Waals surface area contributed by atoms with E-state index in [1.807, 2.05) is 24.4 Å². The van der Waals surface area contributed by atoms with Crippen molar-refractivity contribution in [2.45, 2.75) is 51.5 Å². The lowest BCUT2D eigenvalue weighted by molar-refractivity contribution is -0.137. The van der Waals surface area contributed by atoms with Crippen molar-refractivity contribution in [1.82, 2.24) is 9.88 Å². The zero-order chi connectivity index (χ0) is 24.2. The minimum atomic E-state index is -0.914. The lowest BCUT2D eigenvalue weighted by Crippen LogP contribution is -2.29. The zero-order valence-corrected chi connectivity index (χ0v) is 21.1. The third-order valence-electron chi connectivity index (χ3n) is 6.69. The molecule has 1 amide bonds. The number of carboxylic acid groups (broad SMARTS) is 1. The van der Waals surface area contributed by atoms with Crippen LogP contribution in [-0.2, 0) is 4.79 Å². The number of amides is 1. The first-order chi connectivity index (χ1) is 16.3. The number of carboxylic acids is 1. The largest absolute Gasteiger partial charge is 0.481 e. The van der Waals surface area contributed by atoms with Crippen LogP contribution in [0.4, 0.5) is 5.69 Å². The second-order valence-electron chi connectivity index (χ2n) is 9.06. The average molecular weight is 500 g/mol. The Morgan fingerprint density at radius 3 is 2.62 bits per heavy atom. The van der Waals surface area contributed by atoms with Gasteiger partial charge in [-0.1, -0.05) is 30.9 Å². The average Bonchev–Trinajstić information content (AvgIpc) is 3.16. The highest BCUT2D eigenvalue weighted by Gasteiger charge is 2.28. The molecule has 1 aliphatic rings. The molecule has 4 rings (SSSR count). The van der Waals surface area contributed by atoms with Crippen LogP contribution in [0.15, 0.2) is 36.5 Å². The number of nitrogens with zero attached hydrogens (tertiary/aromatic N) is 2. The number of rotatable bonds is 8. The van der Waals surface area contributed by atoms with E-state index in [-0.39, 0.29) is 24.9 Å². The van der Waals surface area contributed by atoms with Gasteiger partial charge in [-0.3, -0.25) is 9.59 Å². The highest BCUT2D eigenvalue weighted by molar-refractivity contribution is 7.19. The molecule has 0 radical (unpaired) electrons. The van der Waals surface area contributed by atoms with E-state index in [9.17, 15) is 9.59 Å². The summed E-state index contributed by atoms with van der Waals surface area (Å²) >= 11 is 7.94. The molecule has 0 aliphatic heterocycles. The third-order valence-corrected chi connectivity index (χ3v) is 8.24. The maximum absolute atomic E-state index is 12.6. The van der Waals surface area contributed by atoms with Crippen LogP contribution in [-0.4, -0.2) is 40.5 Å². The minimum Gasteiger partial charge on any atom is -0.481 e. The topological polar surface area (TPSA) is 82.5 Å². The lowest BCUT2D eigenvalue weighted by Gasteiger charge is -2.32. The van der Waals surface area contributed by atoms with E-state index in [1.54, 1.807) is 30.5 Å². The van der Waals surface area contributed by atoms with Gasteiger partial charge in [0.1, 0.15) is 5.15 Å². The van der Waals surface area contributed by atoms with E-state index < -0.39 is 5.97 Å². The second kappa shape index (κ2) is 10.7. The van der Waals surface area contributed by atoms with Gasteiger partial charge in [-0.2, -0.15) is 0 Å². The molecule has 2 heterocycles. The molecule has 1 unspecified atom stereocenters. The second-order valence-corrected chi connectivity index (χ2v) is 10.5. The van der Waals surface area contributed by atoms with Crippen LogP contribution in [0.1, 0.15) is 65.4 Å². The van der Waals surface area contributed by atoms with Crippen molar-refractivity contribution in [2.75, 3.05) is 18.9 Å². The Balaban J connectivity index is 1.57. The lowest BCUT2D eigenvalue weighted by atomic mass is 9.82. The van der Waals surface area contributed by atoms with Crippen LogP contribution in [0.5, 0.6) is 0 Å². The van der Waals surface area contributed by atoms with Crippen LogP contribution in [0.25, 0.3) is 10.1 Å². The number of halogens is 1. The summed E-state index contributed by atoms with van der Waals surface area (Å²) in [6.07, 6.45) is 7.96. The molecular weight excluding hydrogens is 470 g/mol. The zero-order valence-electron chi connectivity index (χ0n) is 19.5. The summed E-state index contributed by atoms with van der Waals surface area (Å²) in [4.78, 5) is 30.5. The first kappa shape index (κ1) is 24.5. The SMILES string of the molecule is Cc1c(C(Nc2ccc(C(=O)N(C)CCC(=O)O)cc2)C2CCCCC2)sc2cc(Cl)ncc12. The van der Waals surface area contributed by atoms with Crippen molar-refractivity contribution < 1.29 is 14.7 Å². The molecule has 1 fully saturated rings. The summed E-state index contributed by atoms with van der Waals surface area (Å²) in [7, 11) is 1.63. The highest BCUT2D eigenvalue weighted by atomic mass is 35.5. The molecule has 0 saturated heterocycles. The Labute approximate surface area is 208 Å². The number of fused-ring (bicyclic) bond motifs is 1. The maximum atomic E-state index is 12.6. The summed E-state index contributed by atoms with van der Waals surface area (Å²) in [5, 5.41) is 14.3. The Kier molecular flexibility index (Phi) is 7.73. The van der Waals surface area contributed by atoms with E-state index in [0.29, 0.717) is 16.6 Å². The summed E-state index contributed by atoms with van der Waals surface area (Å²) in [6, 6.07) is 9.61. The summed E-state index contributed by atoms with van der Waals surface area (Å²) in [5.74, 6) is -0.559. The monoisotopic (exact) mass is 499 g/mol. The molecule has 2 aromatic heterocycles. The number of carbonyl (C=O) groups is 2. The van der Waals surface area contributed by atoms with Crippen molar-refractivity contribution in [3.05, 3.63) is 57.7 Å². The fraction of sp³-hybridized carbons (Fsp3) is 0.423. The van der Waals surface area contributed by atoms with Gasteiger partial charge >= 0.3 is 5.97 Å². The van der Waals surface area contributed by atoms with E-state index >= 15 is 0 Å². The fourth-order valence-electron chi connectivity index (χ4n) is 4.74. The van der Waals surface area contributed by atoms with Crippen LogP contribution in [0, 0.1) is 12.8 Å². The Morgan fingerprint density at radius 2 is 1.94 bits per heavy atom. The molecule has 1 aromatic carbocycles. The van der Waals surface area contributed by atoms with Gasteiger partial charge in [-0.25, -0.2) is 4.98 Å². The number of pyridine rings is 1. The van der Waals surface area contributed by atoms with Crippen molar-refractivity contribution in [3.63, 3.8) is 0 Å². The molecule has 3 aromatic rings. The fourth-order valence-corrected chi connectivity index (χ4v) is 6.33. The molecule has 180 valence electrons. The van der Waals surface area contributed by atoms with E-state index in [1.165, 1.54) is 47.4 Å². The van der Waals surface area contributed by atoms with Crippen molar-refractivity contribution >= 4 is 50.6 Å². The number of anilines is 1. The number of nitrogens with one attached hydrogen (secondary N) is 1. The van der Waals surface area contributed by atoms with Gasteiger partial charge in [0.05, 0.1) is 12.5 Å². The van der Waals surface area contributed by atoms with Gasteiger partial charge in [0, 0.05) is 46.0 Å². The number of aromatic nitrogens is 1. The van der Waals surface area contributed by atoms with Crippen LogP contribution in [0.3, 0.4) is 0 Å². The molecule has 1 saturated carbocycles. The predicted molar refractivity (Wildman–Crippen MR) is 138 cm³/mol. The first-order valence-corrected chi connectivity index (χ1v) is 12.9. The van der Waals surface area contributed by atoms with Gasteiger partial charge < -0.3 is 15.3 Å². The van der Waals surface area contributed by atoms with Gasteiger partial charge in [-0.15, -0.1) is 11.3 Å². The van der Waals surface area contributed by atoms with Crippen LogP contribution >= 0.6 is 22.9 Å². The molecule has 2 N–H and O–H groups in total.